The number of rotatable bonds is 3. The Kier molecular flexibility index (Phi) is 6.35. The Labute approximate surface area is 214 Å². The van der Waals surface area contributed by atoms with Gasteiger partial charge in [-0.25, -0.2) is 9.37 Å². The van der Waals surface area contributed by atoms with Crippen molar-refractivity contribution in [3.05, 3.63) is 61.7 Å². The summed E-state index contributed by atoms with van der Waals surface area (Å²) in [6, 6.07) is 2.97. The molecule has 2 aromatic heterocycles. The molecule has 0 saturated carbocycles. The SMILES string of the molecule is CC.CCC1C(=O)OCc2c1cc1n(c2=O)Cc2c-1nc1cc(F)c(C)c3c1c2C(NC(=O)CN)CC3. The van der Waals surface area contributed by atoms with Gasteiger partial charge < -0.3 is 20.4 Å². The van der Waals surface area contributed by atoms with Crippen LogP contribution in [0.2, 0.25) is 0 Å². The molecule has 1 aliphatic carbocycles. The highest BCUT2D eigenvalue weighted by Crippen LogP contribution is 2.45. The lowest BCUT2D eigenvalue weighted by Gasteiger charge is -2.29. The monoisotopic (exact) mass is 506 g/mol. The van der Waals surface area contributed by atoms with E-state index in [0.29, 0.717) is 52.9 Å². The van der Waals surface area contributed by atoms with Crippen molar-refractivity contribution >= 4 is 22.8 Å². The fourth-order valence-electron chi connectivity index (χ4n) is 5.97. The standard InChI is InChI=1S/C26H25FN4O4.C2H6/c1-3-12-14-6-20-24-15(9-31(20)25(33)16(14)10-35-26(12)34)23-18(29-21(32)8-28)5-4-13-11(2)17(27)7-19(30-24)22(13)23;1-2/h6-7,12,18H,3-5,8-10,28H2,1-2H3,(H,29,32);1-2H3. The Hall–Kier alpha value is -3.59. The van der Waals surface area contributed by atoms with E-state index in [2.05, 4.69) is 5.32 Å². The summed E-state index contributed by atoms with van der Waals surface area (Å²) in [5, 5.41) is 3.85. The number of fused-ring (bicyclic) bond motifs is 5. The van der Waals surface area contributed by atoms with Crippen LogP contribution < -0.4 is 16.6 Å². The Morgan fingerprint density at radius 2 is 2.00 bits per heavy atom. The number of nitrogens with zero attached hydrogens (tertiary/aromatic N) is 2. The third-order valence-electron chi connectivity index (χ3n) is 7.72. The van der Waals surface area contributed by atoms with E-state index < -0.39 is 5.92 Å². The molecule has 2 atom stereocenters. The number of carbonyl (C=O) groups is 2. The number of carbonyl (C=O) groups excluding carboxylic acids is 2. The number of benzene rings is 1. The third-order valence-corrected chi connectivity index (χ3v) is 7.72. The molecule has 0 fully saturated rings. The molecule has 1 aromatic carbocycles. The summed E-state index contributed by atoms with van der Waals surface area (Å²) in [6.07, 6.45) is 1.71. The van der Waals surface area contributed by atoms with Crippen LogP contribution in [0.5, 0.6) is 0 Å². The summed E-state index contributed by atoms with van der Waals surface area (Å²) in [5.74, 6) is -1.45. The molecule has 3 N–H and O–H groups in total. The van der Waals surface area contributed by atoms with Gasteiger partial charge in [-0.1, -0.05) is 20.8 Å². The number of esters is 1. The first-order chi connectivity index (χ1) is 17.8. The number of cyclic esters (lactones) is 1. The average Bonchev–Trinajstić information content (AvgIpc) is 3.27. The Morgan fingerprint density at radius 3 is 2.70 bits per heavy atom. The van der Waals surface area contributed by atoms with Crippen LogP contribution in [0.15, 0.2) is 16.9 Å². The minimum absolute atomic E-state index is 0.0495. The maximum absolute atomic E-state index is 14.9. The van der Waals surface area contributed by atoms with E-state index in [1.165, 1.54) is 6.07 Å². The van der Waals surface area contributed by atoms with Gasteiger partial charge in [0.15, 0.2) is 0 Å². The molecule has 1 amide bonds. The number of pyridine rings is 2. The van der Waals surface area contributed by atoms with Gasteiger partial charge in [0.05, 0.1) is 47.5 Å². The molecule has 37 heavy (non-hydrogen) atoms. The van der Waals surface area contributed by atoms with Gasteiger partial charge in [-0.05, 0) is 54.5 Å². The number of hydrogen-bond donors (Lipinski definition) is 2. The lowest BCUT2D eigenvalue weighted by atomic mass is 9.81. The van der Waals surface area contributed by atoms with Gasteiger partial charge in [-0.15, -0.1) is 0 Å². The molecule has 2 unspecified atom stereocenters. The molecule has 0 radical (unpaired) electrons. The second-order valence-corrected chi connectivity index (χ2v) is 9.49. The Balaban J connectivity index is 0.00000137. The van der Waals surface area contributed by atoms with E-state index in [0.717, 1.165) is 22.1 Å². The van der Waals surface area contributed by atoms with E-state index in [1.54, 1.807) is 11.5 Å². The van der Waals surface area contributed by atoms with Gasteiger partial charge in [0.1, 0.15) is 12.4 Å². The van der Waals surface area contributed by atoms with Gasteiger partial charge in [0.25, 0.3) is 5.56 Å². The maximum Gasteiger partial charge on any atom is 0.313 e. The number of aromatic nitrogens is 2. The minimum Gasteiger partial charge on any atom is -0.460 e. The Morgan fingerprint density at radius 1 is 1.24 bits per heavy atom. The molecule has 3 aromatic rings. The lowest BCUT2D eigenvalue weighted by molar-refractivity contribution is -0.148. The van der Waals surface area contributed by atoms with Crippen molar-refractivity contribution in [2.45, 2.75) is 72.1 Å². The van der Waals surface area contributed by atoms with Crippen LogP contribution in [0.1, 0.15) is 79.0 Å². The van der Waals surface area contributed by atoms with Crippen LogP contribution in [0, 0.1) is 12.7 Å². The van der Waals surface area contributed by atoms with E-state index in [1.807, 2.05) is 26.8 Å². The number of nitrogens with two attached hydrogens (primary N) is 1. The van der Waals surface area contributed by atoms with Crippen LogP contribution in [0.25, 0.3) is 22.3 Å². The summed E-state index contributed by atoms with van der Waals surface area (Å²) in [6.45, 7) is 7.74. The zero-order valence-electron chi connectivity index (χ0n) is 21.5. The first-order valence-electron chi connectivity index (χ1n) is 12.9. The largest absolute Gasteiger partial charge is 0.460 e. The van der Waals surface area contributed by atoms with E-state index in [9.17, 15) is 18.8 Å². The van der Waals surface area contributed by atoms with E-state index in [-0.39, 0.29) is 49.0 Å². The van der Waals surface area contributed by atoms with Crippen LogP contribution in [0.4, 0.5) is 4.39 Å². The zero-order valence-corrected chi connectivity index (χ0v) is 21.5. The molecule has 9 heteroatoms. The average molecular weight is 507 g/mol. The van der Waals surface area contributed by atoms with Crippen molar-refractivity contribution in [2.24, 2.45) is 5.73 Å². The fourth-order valence-corrected chi connectivity index (χ4v) is 5.97. The van der Waals surface area contributed by atoms with Crippen molar-refractivity contribution in [2.75, 3.05) is 6.54 Å². The first kappa shape index (κ1) is 25.1. The second-order valence-electron chi connectivity index (χ2n) is 9.49. The number of aryl methyl sites for hydroxylation is 1. The quantitative estimate of drug-likeness (QED) is 0.411. The smallest absolute Gasteiger partial charge is 0.313 e. The molecule has 2 aliphatic heterocycles. The number of halogens is 1. The zero-order chi connectivity index (χ0) is 26.6. The number of hydrogen-bond acceptors (Lipinski definition) is 6. The number of nitrogens with one attached hydrogen (secondary N) is 1. The number of amides is 1. The molecule has 6 rings (SSSR count). The number of ether oxygens (including phenoxy) is 1. The van der Waals surface area contributed by atoms with Crippen molar-refractivity contribution in [1.82, 2.24) is 14.9 Å². The van der Waals surface area contributed by atoms with Crippen LogP contribution in [-0.2, 0) is 33.9 Å². The van der Waals surface area contributed by atoms with Gasteiger partial charge in [0, 0.05) is 17.0 Å². The minimum atomic E-state index is -0.511. The van der Waals surface area contributed by atoms with Crippen LogP contribution >= 0.6 is 0 Å². The van der Waals surface area contributed by atoms with Gasteiger partial charge in [0.2, 0.25) is 5.91 Å². The highest BCUT2D eigenvalue weighted by Gasteiger charge is 2.37. The Bertz CT molecular complexity index is 1530. The normalized spacial score (nSPS) is 18.8. The van der Waals surface area contributed by atoms with Crippen molar-refractivity contribution < 1.29 is 18.7 Å². The van der Waals surface area contributed by atoms with E-state index >= 15 is 0 Å². The van der Waals surface area contributed by atoms with Gasteiger partial charge in [-0.2, -0.15) is 0 Å². The second kappa shape index (κ2) is 9.37. The predicted octanol–water partition coefficient (Wildman–Crippen LogP) is 3.51. The topological polar surface area (TPSA) is 116 Å². The van der Waals surface area contributed by atoms with Crippen molar-refractivity contribution in [1.29, 1.82) is 0 Å². The summed E-state index contributed by atoms with van der Waals surface area (Å²) in [7, 11) is 0. The summed E-state index contributed by atoms with van der Waals surface area (Å²) in [5.41, 5.74) is 11.4. The van der Waals surface area contributed by atoms with Crippen molar-refractivity contribution in [3.8, 4) is 11.4 Å². The highest BCUT2D eigenvalue weighted by molar-refractivity contribution is 5.93. The molecule has 3 aliphatic rings. The van der Waals surface area contributed by atoms with Gasteiger partial charge >= 0.3 is 5.97 Å². The summed E-state index contributed by atoms with van der Waals surface area (Å²) >= 11 is 0. The van der Waals surface area contributed by atoms with Crippen molar-refractivity contribution in [3.63, 3.8) is 0 Å². The molecule has 0 bridgehead atoms. The van der Waals surface area contributed by atoms with Gasteiger partial charge in [-0.3, -0.25) is 14.4 Å². The molecule has 4 heterocycles. The molecule has 0 saturated heterocycles. The fraction of sp³-hybridized carbons (Fsp3) is 0.429. The lowest BCUT2D eigenvalue weighted by Crippen LogP contribution is -2.36. The van der Waals surface area contributed by atoms with Crippen LogP contribution in [-0.4, -0.2) is 28.0 Å². The molecule has 8 nitrogen and oxygen atoms in total. The van der Waals surface area contributed by atoms with E-state index in [4.69, 9.17) is 15.5 Å². The summed E-state index contributed by atoms with van der Waals surface area (Å²) in [4.78, 5) is 43.0. The molecular formula is C28H31FN4O4. The third kappa shape index (κ3) is 3.67. The molecule has 0 spiro atoms. The summed E-state index contributed by atoms with van der Waals surface area (Å²) < 4.78 is 21.8. The molecule has 194 valence electrons. The first-order valence-corrected chi connectivity index (χ1v) is 12.9. The maximum atomic E-state index is 14.9. The highest BCUT2D eigenvalue weighted by atomic mass is 19.1. The molecular weight excluding hydrogens is 475 g/mol. The van der Waals surface area contributed by atoms with Crippen LogP contribution in [0.3, 0.4) is 0 Å². The predicted molar refractivity (Wildman–Crippen MR) is 138 cm³/mol.